The fourth-order valence-corrected chi connectivity index (χ4v) is 2.64. The van der Waals surface area contributed by atoms with E-state index >= 15 is 0 Å². The van der Waals surface area contributed by atoms with E-state index in [0.29, 0.717) is 22.9 Å². The van der Waals surface area contributed by atoms with Gasteiger partial charge in [-0.15, -0.1) is 10.2 Å². The SMILES string of the molecule is O=C(NCCc1nnc(-c2ccccc2F)o1)c1ccc(Cl)cc1Cl. The van der Waals surface area contributed by atoms with E-state index in [1.165, 1.54) is 12.1 Å². The molecule has 25 heavy (non-hydrogen) atoms. The van der Waals surface area contributed by atoms with Gasteiger partial charge in [-0.05, 0) is 30.3 Å². The molecule has 5 nitrogen and oxygen atoms in total. The van der Waals surface area contributed by atoms with Crippen molar-refractivity contribution in [1.29, 1.82) is 0 Å². The van der Waals surface area contributed by atoms with E-state index in [2.05, 4.69) is 15.5 Å². The van der Waals surface area contributed by atoms with Gasteiger partial charge in [-0.2, -0.15) is 0 Å². The summed E-state index contributed by atoms with van der Waals surface area (Å²) in [6, 6.07) is 10.7. The van der Waals surface area contributed by atoms with Crippen LogP contribution < -0.4 is 5.32 Å². The van der Waals surface area contributed by atoms with E-state index in [0.717, 1.165) is 0 Å². The summed E-state index contributed by atoms with van der Waals surface area (Å²) < 4.78 is 19.1. The molecule has 0 atom stereocenters. The van der Waals surface area contributed by atoms with Crippen LogP contribution >= 0.6 is 23.2 Å². The number of hydrogen-bond acceptors (Lipinski definition) is 4. The van der Waals surface area contributed by atoms with Gasteiger partial charge in [-0.1, -0.05) is 35.3 Å². The number of carbonyl (C=O) groups excluding carboxylic acids is 1. The van der Waals surface area contributed by atoms with E-state index in [1.807, 2.05) is 0 Å². The van der Waals surface area contributed by atoms with E-state index < -0.39 is 5.82 Å². The van der Waals surface area contributed by atoms with Crippen LogP contribution in [0.25, 0.3) is 11.5 Å². The first-order valence-corrected chi connectivity index (χ1v) is 8.10. The normalized spacial score (nSPS) is 10.7. The molecule has 1 amide bonds. The molecule has 2 aromatic carbocycles. The number of rotatable bonds is 5. The number of benzene rings is 2. The first kappa shape index (κ1) is 17.4. The molecule has 128 valence electrons. The Kier molecular flexibility index (Phi) is 5.31. The molecule has 3 rings (SSSR count). The predicted octanol–water partition coefficient (Wildman–Crippen LogP) is 4.16. The molecule has 3 aromatic rings. The highest BCUT2D eigenvalue weighted by Gasteiger charge is 2.14. The Bertz CT molecular complexity index is 914. The minimum absolute atomic E-state index is 0.0974. The van der Waals surface area contributed by atoms with E-state index in [9.17, 15) is 9.18 Å². The maximum Gasteiger partial charge on any atom is 0.252 e. The summed E-state index contributed by atoms with van der Waals surface area (Å²) in [5.74, 6) is -0.389. The van der Waals surface area contributed by atoms with Gasteiger partial charge in [0, 0.05) is 18.0 Å². The van der Waals surface area contributed by atoms with E-state index in [-0.39, 0.29) is 28.9 Å². The summed E-state index contributed by atoms with van der Waals surface area (Å²) in [4.78, 5) is 12.1. The van der Waals surface area contributed by atoms with E-state index in [1.54, 1.807) is 30.3 Å². The highest BCUT2D eigenvalue weighted by atomic mass is 35.5. The van der Waals surface area contributed by atoms with Gasteiger partial charge < -0.3 is 9.73 Å². The lowest BCUT2D eigenvalue weighted by Crippen LogP contribution is -2.26. The molecular formula is C17H12Cl2FN3O2. The second-order valence-electron chi connectivity index (χ2n) is 5.11. The highest BCUT2D eigenvalue weighted by molar-refractivity contribution is 6.36. The zero-order chi connectivity index (χ0) is 17.8. The molecule has 0 aliphatic rings. The number of aromatic nitrogens is 2. The molecule has 1 aromatic heterocycles. The lowest BCUT2D eigenvalue weighted by molar-refractivity contribution is 0.0954. The Morgan fingerprint density at radius 1 is 1.16 bits per heavy atom. The zero-order valence-electron chi connectivity index (χ0n) is 12.8. The van der Waals surface area contributed by atoms with Crippen LogP contribution in [0, 0.1) is 5.82 Å². The topological polar surface area (TPSA) is 68.0 Å². The molecule has 0 fully saturated rings. The van der Waals surface area contributed by atoms with Crippen LogP contribution in [0.1, 0.15) is 16.2 Å². The molecule has 8 heteroatoms. The standard InChI is InChI=1S/C17H12Cl2FN3O2/c18-10-5-6-11(13(19)9-10)16(24)21-8-7-15-22-23-17(25-15)12-3-1-2-4-14(12)20/h1-6,9H,7-8H2,(H,21,24). The van der Waals surface area contributed by atoms with Crippen molar-refractivity contribution in [3.63, 3.8) is 0 Å². The molecule has 1 heterocycles. The number of nitrogens with zero attached hydrogens (tertiary/aromatic N) is 2. The molecule has 1 N–H and O–H groups in total. The van der Waals surface area contributed by atoms with Crippen molar-refractivity contribution in [2.24, 2.45) is 0 Å². The number of amides is 1. The van der Waals surface area contributed by atoms with Crippen LogP contribution in [-0.4, -0.2) is 22.6 Å². The third kappa shape index (κ3) is 4.15. The Morgan fingerprint density at radius 2 is 1.96 bits per heavy atom. The maximum atomic E-state index is 13.7. The van der Waals surface area contributed by atoms with Crippen molar-refractivity contribution in [2.75, 3.05) is 6.54 Å². The summed E-state index contributed by atoms with van der Waals surface area (Å²) in [7, 11) is 0. The molecule has 0 unspecified atom stereocenters. The van der Waals surface area contributed by atoms with Crippen LogP contribution in [0.3, 0.4) is 0 Å². The van der Waals surface area contributed by atoms with Crippen molar-refractivity contribution in [1.82, 2.24) is 15.5 Å². The Labute approximate surface area is 152 Å². The van der Waals surface area contributed by atoms with Crippen molar-refractivity contribution in [3.05, 3.63) is 69.8 Å². The summed E-state index contributed by atoms with van der Waals surface area (Å²) in [5.41, 5.74) is 0.557. The lowest BCUT2D eigenvalue weighted by Gasteiger charge is -2.05. The average molecular weight is 380 g/mol. The zero-order valence-corrected chi connectivity index (χ0v) is 14.3. The van der Waals surface area contributed by atoms with Crippen LogP contribution in [0.4, 0.5) is 4.39 Å². The highest BCUT2D eigenvalue weighted by Crippen LogP contribution is 2.22. The molecule has 0 bridgehead atoms. The fraction of sp³-hybridized carbons (Fsp3) is 0.118. The van der Waals surface area contributed by atoms with Gasteiger partial charge in [0.25, 0.3) is 11.8 Å². The summed E-state index contributed by atoms with van der Waals surface area (Å²) in [6.07, 6.45) is 0.304. The Balaban J connectivity index is 1.59. The van der Waals surface area contributed by atoms with Crippen LogP contribution in [0.5, 0.6) is 0 Å². The minimum Gasteiger partial charge on any atom is -0.421 e. The number of carbonyl (C=O) groups is 1. The van der Waals surface area contributed by atoms with Gasteiger partial charge in [0.2, 0.25) is 5.89 Å². The Hall–Kier alpha value is -2.44. The predicted molar refractivity (Wildman–Crippen MR) is 92.2 cm³/mol. The van der Waals surface area contributed by atoms with Crippen molar-refractivity contribution >= 4 is 29.1 Å². The summed E-state index contributed by atoms with van der Waals surface area (Å²) >= 11 is 11.8. The van der Waals surface area contributed by atoms with Crippen LogP contribution in [0.15, 0.2) is 46.9 Å². The van der Waals surface area contributed by atoms with Gasteiger partial charge >= 0.3 is 0 Å². The average Bonchev–Trinajstić information content (AvgIpc) is 3.03. The number of hydrogen-bond donors (Lipinski definition) is 1. The fourth-order valence-electron chi connectivity index (χ4n) is 2.15. The van der Waals surface area contributed by atoms with Gasteiger partial charge in [0.05, 0.1) is 16.1 Å². The van der Waals surface area contributed by atoms with Crippen molar-refractivity contribution in [3.8, 4) is 11.5 Å². The third-order valence-electron chi connectivity index (χ3n) is 3.37. The second-order valence-corrected chi connectivity index (χ2v) is 5.95. The monoisotopic (exact) mass is 379 g/mol. The minimum atomic E-state index is -0.441. The lowest BCUT2D eigenvalue weighted by atomic mass is 10.2. The van der Waals surface area contributed by atoms with Gasteiger partial charge in [0.15, 0.2) is 0 Å². The third-order valence-corrected chi connectivity index (χ3v) is 3.92. The van der Waals surface area contributed by atoms with Crippen LogP contribution in [0.2, 0.25) is 10.0 Å². The summed E-state index contributed by atoms with van der Waals surface area (Å²) in [6.45, 7) is 0.261. The molecule has 0 spiro atoms. The van der Waals surface area contributed by atoms with Crippen molar-refractivity contribution in [2.45, 2.75) is 6.42 Å². The molecular weight excluding hydrogens is 368 g/mol. The largest absolute Gasteiger partial charge is 0.421 e. The molecule has 0 saturated heterocycles. The Morgan fingerprint density at radius 3 is 2.72 bits per heavy atom. The molecule has 0 radical (unpaired) electrons. The number of halogens is 3. The van der Waals surface area contributed by atoms with Crippen LogP contribution in [-0.2, 0) is 6.42 Å². The maximum absolute atomic E-state index is 13.7. The summed E-state index contributed by atoms with van der Waals surface area (Å²) in [5, 5.41) is 11.1. The van der Waals surface area contributed by atoms with Gasteiger partial charge in [-0.25, -0.2) is 4.39 Å². The molecule has 0 aliphatic carbocycles. The van der Waals surface area contributed by atoms with Crippen molar-refractivity contribution < 1.29 is 13.6 Å². The molecule has 0 saturated carbocycles. The quantitative estimate of drug-likeness (QED) is 0.722. The first-order valence-electron chi connectivity index (χ1n) is 7.35. The van der Waals surface area contributed by atoms with Gasteiger partial charge in [-0.3, -0.25) is 4.79 Å². The smallest absolute Gasteiger partial charge is 0.252 e. The van der Waals surface area contributed by atoms with E-state index in [4.69, 9.17) is 27.6 Å². The molecule has 0 aliphatic heterocycles. The number of nitrogens with one attached hydrogen (secondary N) is 1. The second kappa shape index (κ2) is 7.63. The first-order chi connectivity index (χ1) is 12.0. The van der Waals surface area contributed by atoms with Gasteiger partial charge in [0.1, 0.15) is 5.82 Å².